The lowest BCUT2D eigenvalue weighted by Gasteiger charge is -2.41. The van der Waals surface area contributed by atoms with Gasteiger partial charge < -0.3 is 16.0 Å². The van der Waals surface area contributed by atoms with Gasteiger partial charge >= 0.3 is 6.18 Å². The number of nitrogens with zero attached hydrogens (tertiary/aromatic N) is 2. The molecule has 2 heterocycles. The van der Waals surface area contributed by atoms with E-state index in [-0.39, 0.29) is 43.8 Å². The van der Waals surface area contributed by atoms with E-state index in [9.17, 15) is 31.9 Å². The number of nitrogens with one attached hydrogen (secondary N) is 3. The van der Waals surface area contributed by atoms with Crippen LogP contribution in [0.4, 0.5) is 17.6 Å². The molecule has 0 bridgehead atoms. The van der Waals surface area contributed by atoms with Crippen LogP contribution in [-0.2, 0) is 28.7 Å². The number of halogens is 4. The van der Waals surface area contributed by atoms with E-state index in [4.69, 9.17) is 0 Å². The van der Waals surface area contributed by atoms with Crippen molar-refractivity contribution in [1.29, 1.82) is 0 Å². The largest absolute Gasteiger partial charge is 0.433 e. The van der Waals surface area contributed by atoms with Crippen LogP contribution in [0.1, 0.15) is 40.0 Å². The second kappa shape index (κ2) is 13.6. The fraction of sp³-hybridized carbons (Fsp3) is 0.333. The first-order valence-electron chi connectivity index (χ1n) is 13.5. The highest BCUT2D eigenvalue weighted by atomic mass is 19.4. The molecule has 12 heteroatoms. The summed E-state index contributed by atoms with van der Waals surface area (Å²) in [5, 5.41) is 8.19. The van der Waals surface area contributed by atoms with E-state index in [1.807, 2.05) is 30.3 Å². The third kappa shape index (κ3) is 8.35. The number of benzene rings is 2. The summed E-state index contributed by atoms with van der Waals surface area (Å²) in [4.78, 5) is 44.2. The highest BCUT2D eigenvalue weighted by Gasteiger charge is 2.43. The van der Waals surface area contributed by atoms with Gasteiger partial charge in [-0.3, -0.25) is 24.3 Å². The lowest BCUT2D eigenvalue weighted by atomic mass is 9.85. The number of hydrogen-bond acceptors (Lipinski definition) is 5. The summed E-state index contributed by atoms with van der Waals surface area (Å²) in [5.74, 6) is -1.97. The van der Waals surface area contributed by atoms with Gasteiger partial charge in [0.05, 0.1) is 12.0 Å². The van der Waals surface area contributed by atoms with E-state index in [0.717, 1.165) is 23.9 Å². The highest BCUT2D eigenvalue weighted by Crippen LogP contribution is 2.28. The van der Waals surface area contributed by atoms with Crippen LogP contribution in [0.3, 0.4) is 0 Å². The molecule has 0 radical (unpaired) electrons. The second-order valence-corrected chi connectivity index (χ2v) is 10.1. The van der Waals surface area contributed by atoms with Crippen molar-refractivity contribution in [2.24, 2.45) is 0 Å². The lowest BCUT2D eigenvalue weighted by molar-refractivity contribution is -0.141. The number of rotatable bonds is 10. The van der Waals surface area contributed by atoms with Gasteiger partial charge in [0, 0.05) is 38.9 Å². The second-order valence-electron chi connectivity index (χ2n) is 10.1. The molecule has 8 nitrogen and oxygen atoms in total. The molecule has 1 saturated heterocycles. The minimum Gasteiger partial charge on any atom is -0.354 e. The normalized spacial score (nSPS) is 15.0. The molecule has 0 atom stereocenters. The van der Waals surface area contributed by atoms with Crippen molar-refractivity contribution >= 4 is 17.7 Å². The Morgan fingerprint density at radius 2 is 1.57 bits per heavy atom. The Bertz CT molecular complexity index is 1380. The van der Waals surface area contributed by atoms with E-state index >= 15 is 0 Å². The molecular weight excluding hydrogens is 554 g/mol. The molecule has 0 spiro atoms. The van der Waals surface area contributed by atoms with Crippen LogP contribution in [0.25, 0.3) is 0 Å². The maximum absolute atomic E-state index is 13.4. The van der Waals surface area contributed by atoms with Gasteiger partial charge in [0.15, 0.2) is 0 Å². The van der Waals surface area contributed by atoms with Gasteiger partial charge in [-0.25, -0.2) is 4.39 Å². The number of alkyl halides is 3. The first kappa shape index (κ1) is 30.6. The van der Waals surface area contributed by atoms with Crippen molar-refractivity contribution < 1.29 is 31.9 Å². The number of pyridine rings is 1. The molecular formula is C30H31F4N5O3. The van der Waals surface area contributed by atoms with Gasteiger partial charge in [-0.15, -0.1) is 0 Å². The van der Waals surface area contributed by atoms with Crippen LogP contribution >= 0.6 is 0 Å². The first-order valence-corrected chi connectivity index (χ1v) is 13.5. The van der Waals surface area contributed by atoms with Crippen molar-refractivity contribution in [3.63, 3.8) is 0 Å². The topological polar surface area (TPSA) is 103 Å². The molecule has 3 aromatic rings. The highest BCUT2D eigenvalue weighted by molar-refractivity contribution is 5.99. The Hall–Kier alpha value is -4.32. The van der Waals surface area contributed by atoms with Gasteiger partial charge in [-0.1, -0.05) is 42.5 Å². The molecule has 1 aliphatic heterocycles. The van der Waals surface area contributed by atoms with Crippen LogP contribution in [0.15, 0.2) is 72.9 Å². The molecule has 1 aliphatic rings. The van der Waals surface area contributed by atoms with Gasteiger partial charge in [0.1, 0.15) is 17.1 Å². The maximum Gasteiger partial charge on any atom is 0.433 e. The van der Waals surface area contributed by atoms with Gasteiger partial charge in [0.2, 0.25) is 11.8 Å². The van der Waals surface area contributed by atoms with Crippen molar-refractivity contribution in [2.45, 2.75) is 37.5 Å². The fourth-order valence-corrected chi connectivity index (χ4v) is 4.77. The van der Waals surface area contributed by atoms with E-state index < -0.39 is 35.0 Å². The molecule has 3 N–H and O–H groups in total. The zero-order valence-electron chi connectivity index (χ0n) is 22.7. The zero-order chi connectivity index (χ0) is 30.2. The lowest BCUT2D eigenvalue weighted by Crippen LogP contribution is -2.63. The molecule has 1 fully saturated rings. The standard InChI is InChI=1S/C30H31F4N5O3/c31-24-8-4-7-22(17-24)18-26(40)35-13-14-36-28(42)29(11-15-39(16-12-29)20-21-5-2-1-3-6-21)38-27(41)23-9-10-25(37-19-23)30(32,33)34/h1-10,17,19H,11-16,18,20H2,(H,35,40)(H,36,42)(H,38,41). The quantitative estimate of drug-likeness (QED) is 0.250. The van der Waals surface area contributed by atoms with Crippen molar-refractivity contribution in [1.82, 2.24) is 25.8 Å². The predicted octanol–water partition coefficient (Wildman–Crippen LogP) is 3.48. The molecule has 42 heavy (non-hydrogen) atoms. The Morgan fingerprint density at radius 1 is 0.881 bits per heavy atom. The van der Waals surface area contributed by atoms with E-state index in [0.29, 0.717) is 25.2 Å². The SMILES string of the molecule is O=C(Cc1cccc(F)c1)NCCNC(=O)C1(NC(=O)c2ccc(C(F)(F)F)nc2)CCN(Cc2ccccc2)CC1. The first-order chi connectivity index (χ1) is 20.0. The van der Waals surface area contributed by atoms with Crippen LogP contribution in [-0.4, -0.2) is 59.3 Å². The molecule has 222 valence electrons. The number of amides is 3. The Labute approximate surface area is 240 Å². The average Bonchev–Trinajstić information content (AvgIpc) is 2.96. The molecule has 0 unspecified atom stereocenters. The van der Waals surface area contributed by atoms with Gasteiger partial charge in [-0.05, 0) is 48.2 Å². The minimum absolute atomic E-state index is 0.0237. The smallest absolute Gasteiger partial charge is 0.354 e. The van der Waals surface area contributed by atoms with Crippen molar-refractivity contribution in [3.05, 3.63) is 101 Å². The van der Waals surface area contributed by atoms with E-state index in [1.165, 1.54) is 18.2 Å². The molecule has 0 saturated carbocycles. The third-order valence-corrected chi connectivity index (χ3v) is 7.05. The van der Waals surface area contributed by atoms with Crippen molar-refractivity contribution in [2.75, 3.05) is 26.2 Å². The Kier molecular flexibility index (Phi) is 9.89. The number of hydrogen-bond donors (Lipinski definition) is 3. The summed E-state index contributed by atoms with van der Waals surface area (Å²) < 4.78 is 52.1. The summed E-state index contributed by atoms with van der Waals surface area (Å²) in [6.45, 7) is 1.80. The molecule has 3 amide bonds. The van der Waals surface area contributed by atoms with Crippen molar-refractivity contribution in [3.8, 4) is 0 Å². The van der Waals surface area contributed by atoms with E-state index in [1.54, 1.807) is 6.07 Å². The number of piperidine rings is 1. The predicted molar refractivity (Wildman–Crippen MR) is 147 cm³/mol. The van der Waals surface area contributed by atoms with Gasteiger partial charge in [-0.2, -0.15) is 13.2 Å². The summed E-state index contributed by atoms with van der Waals surface area (Å²) in [7, 11) is 0. The Balaban J connectivity index is 1.38. The maximum atomic E-state index is 13.4. The number of carbonyl (C=O) groups is 3. The zero-order valence-corrected chi connectivity index (χ0v) is 22.7. The summed E-state index contributed by atoms with van der Waals surface area (Å²) in [6.07, 6.45) is -3.31. The van der Waals surface area contributed by atoms with Gasteiger partial charge in [0.25, 0.3) is 5.91 Å². The van der Waals surface area contributed by atoms with Crippen LogP contribution < -0.4 is 16.0 Å². The minimum atomic E-state index is -4.64. The number of likely N-dealkylation sites (tertiary alicyclic amines) is 1. The molecule has 0 aliphatic carbocycles. The van der Waals surface area contributed by atoms with Crippen LogP contribution in [0.5, 0.6) is 0 Å². The summed E-state index contributed by atoms with van der Waals surface area (Å²) in [6, 6.07) is 17.2. The molecule has 2 aromatic carbocycles. The molecule has 4 rings (SSSR count). The number of carbonyl (C=O) groups excluding carboxylic acids is 3. The monoisotopic (exact) mass is 585 g/mol. The molecule has 1 aromatic heterocycles. The third-order valence-electron chi connectivity index (χ3n) is 7.05. The van der Waals surface area contributed by atoms with Crippen LogP contribution in [0, 0.1) is 5.82 Å². The summed E-state index contributed by atoms with van der Waals surface area (Å²) in [5.41, 5.74) is -0.938. The number of aromatic nitrogens is 1. The average molecular weight is 586 g/mol. The Morgan fingerprint density at radius 3 is 2.21 bits per heavy atom. The fourth-order valence-electron chi connectivity index (χ4n) is 4.77. The van der Waals surface area contributed by atoms with Crippen LogP contribution in [0.2, 0.25) is 0 Å². The van der Waals surface area contributed by atoms with E-state index in [2.05, 4.69) is 25.8 Å². The summed E-state index contributed by atoms with van der Waals surface area (Å²) >= 11 is 0.